The Morgan fingerprint density at radius 1 is 1.71 bits per heavy atom. The molecule has 0 radical (unpaired) electrons. The summed E-state index contributed by atoms with van der Waals surface area (Å²) in [6.45, 7) is 6.07. The highest BCUT2D eigenvalue weighted by molar-refractivity contribution is 5.34. The summed E-state index contributed by atoms with van der Waals surface area (Å²) < 4.78 is 0. The second kappa shape index (κ2) is 3.61. The molecule has 1 saturated heterocycles. The highest BCUT2D eigenvalue weighted by atomic mass is 15.3. The van der Waals surface area contributed by atoms with Gasteiger partial charge >= 0.3 is 0 Å². The lowest BCUT2D eigenvalue weighted by atomic mass is 10.1. The molecule has 3 N–H and O–H groups in total. The van der Waals surface area contributed by atoms with Crippen molar-refractivity contribution >= 4 is 5.95 Å². The lowest BCUT2D eigenvalue weighted by Crippen LogP contribution is -2.28. The molecule has 0 spiro atoms. The predicted octanol–water partition coefficient (Wildman–Crippen LogP) is 0.892. The molecule has 2 unspecified atom stereocenters. The number of hydrogen-bond donors (Lipinski definition) is 2. The molecular weight excluding hydrogens is 176 g/mol. The first-order valence-corrected chi connectivity index (χ1v) is 5.19. The number of rotatable bonds is 2. The predicted molar refractivity (Wildman–Crippen MR) is 57.3 cm³/mol. The maximum Gasteiger partial charge on any atom is 0.203 e. The van der Waals surface area contributed by atoms with Gasteiger partial charge in [0, 0.05) is 24.5 Å². The average molecular weight is 194 g/mol. The van der Waals surface area contributed by atoms with Crippen molar-refractivity contribution in [3.8, 4) is 0 Å². The molecule has 2 atom stereocenters. The van der Waals surface area contributed by atoms with Gasteiger partial charge in [-0.3, -0.25) is 0 Å². The lowest BCUT2D eigenvalue weighted by Gasteiger charge is -2.20. The first-order chi connectivity index (χ1) is 6.70. The van der Waals surface area contributed by atoms with E-state index in [-0.39, 0.29) is 0 Å². The number of anilines is 1. The van der Waals surface area contributed by atoms with E-state index in [0.29, 0.717) is 12.0 Å². The van der Waals surface area contributed by atoms with Crippen LogP contribution in [0, 0.1) is 12.8 Å². The molecule has 4 nitrogen and oxygen atoms in total. The van der Waals surface area contributed by atoms with Crippen LogP contribution >= 0.6 is 0 Å². The molecule has 4 heteroatoms. The molecule has 1 aliphatic heterocycles. The summed E-state index contributed by atoms with van der Waals surface area (Å²) in [4.78, 5) is 9.92. The lowest BCUT2D eigenvalue weighted by molar-refractivity contribution is 0.579. The van der Waals surface area contributed by atoms with Gasteiger partial charge in [-0.25, -0.2) is 4.98 Å². The fraction of sp³-hybridized carbons (Fsp3) is 0.700. The zero-order chi connectivity index (χ0) is 10.1. The summed E-state index contributed by atoms with van der Waals surface area (Å²) in [5, 5.41) is 0. The third-order valence-corrected chi connectivity index (χ3v) is 2.96. The SMILES string of the molecule is Cc1cnc(N2CC(CN)CC2C)[nH]1. The number of aromatic amines is 1. The first-order valence-electron chi connectivity index (χ1n) is 5.19. The molecule has 14 heavy (non-hydrogen) atoms. The van der Waals surface area contributed by atoms with E-state index in [2.05, 4.69) is 21.8 Å². The van der Waals surface area contributed by atoms with E-state index in [1.807, 2.05) is 13.1 Å². The van der Waals surface area contributed by atoms with Crippen molar-refractivity contribution in [1.82, 2.24) is 9.97 Å². The Labute approximate surface area is 84.5 Å². The summed E-state index contributed by atoms with van der Waals surface area (Å²) >= 11 is 0. The van der Waals surface area contributed by atoms with Crippen LogP contribution < -0.4 is 10.6 Å². The standard InChI is InChI=1S/C10H18N4/c1-7-5-12-10(13-7)14-6-9(4-11)3-8(14)2/h5,8-9H,3-4,6,11H2,1-2H3,(H,12,13). The van der Waals surface area contributed by atoms with Crippen molar-refractivity contribution < 1.29 is 0 Å². The van der Waals surface area contributed by atoms with Gasteiger partial charge in [0.1, 0.15) is 0 Å². The van der Waals surface area contributed by atoms with Crippen LogP contribution in [0.5, 0.6) is 0 Å². The van der Waals surface area contributed by atoms with Gasteiger partial charge in [0.25, 0.3) is 0 Å². The average Bonchev–Trinajstić information content (AvgIpc) is 2.71. The topological polar surface area (TPSA) is 57.9 Å². The summed E-state index contributed by atoms with van der Waals surface area (Å²) in [6, 6.07) is 0.550. The second-order valence-electron chi connectivity index (χ2n) is 4.23. The van der Waals surface area contributed by atoms with Crippen LogP contribution in [0.1, 0.15) is 19.0 Å². The van der Waals surface area contributed by atoms with Crippen LogP contribution in [0.2, 0.25) is 0 Å². The maximum absolute atomic E-state index is 5.68. The van der Waals surface area contributed by atoms with E-state index in [9.17, 15) is 0 Å². The van der Waals surface area contributed by atoms with Gasteiger partial charge in [0.05, 0.1) is 0 Å². The highest BCUT2D eigenvalue weighted by Crippen LogP contribution is 2.25. The minimum atomic E-state index is 0.550. The monoisotopic (exact) mass is 194 g/mol. The molecule has 2 rings (SSSR count). The van der Waals surface area contributed by atoms with Gasteiger partial charge in [-0.1, -0.05) is 0 Å². The molecule has 2 heterocycles. The van der Waals surface area contributed by atoms with Gasteiger partial charge in [-0.15, -0.1) is 0 Å². The van der Waals surface area contributed by atoms with Crippen LogP contribution in [0.25, 0.3) is 0 Å². The molecule has 0 aromatic carbocycles. The smallest absolute Gasteiger partial charge is 0.203 e. The van der Waals surface area contributed by atoms with Crippen molar-refractivity contribution in [2.24, 2.45) is 11.7 Å². The van der Waals surface area contributed by atoms with Gasteiger partial charge in [-0.2, -0.15) is 0 Å². The van der Waals surface area contributed by atoms with E-state index in [4.69, 9.17) is 5.73 Å². The van der Waals surface area contributed by atoms with E-state index in [0.717, 1.165) is 24.7 Å². The summed E-state index contributed by atoms with van der Waals surface area (Å²) in [5.74, 6) is 1.61. The molecule has 78 valence electrons. The molecule has 1 aliphatic rings. The third-order valence-electron chi connectivity index (χ3n) is 2.96. The number of nitrogens with one attached hydrogen (secondary N) is 1. The zero-order valence-electron chi connectivity index (χ0n) is 8.83. The quantitative estimate of drug-likeness (QED) is 0.735. The van der Waals surface area contributed by atoms with E-state index in [1.165, 1.54) is 6.42 Å². The number of hydrogen-bond acceptors (Lipinski definition) is 3. The molecule has 1 fully saturated rings. The zero-order valence-corrected chi connectivity index (χ0v) is 8.83. The summed E-state index contributed by atoms with van der Waals surface area (Å²) in [5.41, 5.74) is 6.80. The van der Waals surface area contributed by atoms with Crippen LogP contribution in [0.15, 0.2) is 6.20 Å². The van der Waals surface area contributed by atoms with Crippen molar-refractivity contribution in [2.45, 2.75) is 26.3 Å². The van der Waals surface area contributed by atoms with Crippen molar-refractivity contribution in [3.63, 3.8) is 0 Å². The number of H-pyrrole nitrogens is 1. The number of nitrogens with zero attached hydrogens (tertiary/aromatic N) is 2. The fourth-order valence-electron chi connectivity index (χ4n) is 2.15. The first kappa shape index (κ1) is 9.52. The molecule has 0 aliphatic carbocycles. The molecular formula is C10H18N4. The van der Waals surface area contributed by atoms with Gasteiger partial charge in [0.15, 0.2) is 0 Å². The Bertz CT molecular complexity index is 307. The number of aromatic nitrogens is 2. The number of nitrogens with two attached hydrogens (primary N) is 1. The molecule has 1 aromatic heterocycles. The van der Waals surface area contributed by atoms with Crippen molar-refractivity contribution in [1.29, 1.82) is 0 Å². The Morgan fingerprint density at radius 2 is 2.50 bits per heavy atom. The van der Waals surface area contributed by atoms with Crippen LogP contribution in [-0.2, 0) is 0 Å². The Balaban J connectivity index is 2.12. The minimum Gasteiger partial charge on any atom is -0.339 e. The van der Waals surface area contributed by atoms with Crippen molar-refractivity contribution in [3.05, 3.63) is 11.9 Å². The van der Waals surface area contributed by atoms with Gasteiger partial charge in [-0.05, 0) is 32.7 Å². The van der Waals surface area contributed by atoms with E-state index >= 15 is 0 Å². The van der Waals surface area contributed by atoms with E-state index in [1.54, 1.807) is 0 Å². The maximum atomic E-state index is 5.68. The Morgan fingerprint density at radius 3 is 3.00 bits per heavy atom. The van der Waals surface area contributed by atoms with Crippen LogP contribution in [0.4, 0.5) is 5.95 Å². The molecule has 1 aromatic rings. The molecule has 0 saturated carbocycles. The fourth-order valence-corrected chi connectivity index (χ4v) is 2.15. The van der Waals surface area contributed by atoms with Crippen LogP contribution in [0.3, 0.4) is 0 Å². The van der Waals surface area contributed by atoms with Crippen molar-refractivity contribution in [2.75, 3.05) is 18.0 Å². The highest BCUT2D eigenvalue weighted by Gasteiger charge is 2.29. The summed E-state index contributed by atoms with van der Waals surface area (Å²) in [7, 11) is 0. The third kappa shape index (κ3) is 1.62. The normalized spacial score (nSPS) is 27.2. The molecule has 0 amide bonds. The summed E-state index contributed by atoms with van der Waals surface area (Å²) in [6.07, 6.45) is 3.05. The van der Waals surface area contributed by atoms with Gasteiger partial charge in [0.2, 0.25) is 5.95 Å². The van der Waals surface area contributed by atoms with Gasteiger partial charge < -0.3 is 15.6 Å². The molecule has 0 bridgehead atoms. The van der Waals surface area contributed by atoms with Crippen LogP contribution in [-0.4, -0.2) is 29.1 Å². The second-order valence-corrected chi connectivity index (χ2v) is 4.23. The number of imidazole rings is 1. The minimum absolute atomic E-state index is 0.550. The Kier molecular flexibility index (Phi) is 2.46. The largest absolute Gasteiger partial charge is 0.339 e. The van der Waals surface area contributed by atoms with E-state index < -0.39 is 0 Å². The Hall–Kier alpha value is -1.03. The number of aryl methyl sites for hydroxylation is 1.